The zero-order chi connectivity index (χ0) is 12.3. The molecule has 3 heteroatoms. The van der Waals surface area contributed by atoms with E-state index in [0.29, 0.717) is 5.92 Å². The molecule has 0 aromatic carbocycles. The Morgan fingerprint density at radius 2 is 2.35 bits per heavy atom. The number of likely N-dealkylation sites (tertiary alicyclic amines) is 1. The Bertz CT molecular complexity index is 364. The quantitative estimate of drug-likeness (QED) is 0.865. The highest BCUT2D eigenvalue weighted by Gasteiger charge is 2.25. The van der Waals surface area contributed by atoms with Crippen molar-refractivity contribution in [2.45, 2.75) is 26.8 Å². The van der Waals surface area contributed by atoms with E-state index in [2.05, 4.69) is 29.8 Å². The van der Waals surface area contributed by atoms with Gasteiger partial charge in [-0.05, 0) is 49.9 Å². The molecule has 0 spiro atoms. The number of hydrogen-bond acceptors (Lipinski definition) is 3. The Hall–Kier alpha value is -0.930. The van der Waals surface area contributed by atoms with E-state index >= 15 is 0 Å². The molecule has 0 aliphatic carbocycles. The van der Waals surface area contributed by atoms with Crippen LogP contribution < -0.4 is 5.73 Å². The minimum atomic E-state index is 0.653. The summed E-state index contributed by atoms with van der Waals surface area (Å²) in [5, 5.41) is 0. The smallest absolute Gasteiger partial charge is 0.0417 e. The van der Waals surface area contributed by atoms with E-state index in [4.69, 9.17) is 5.73 Å². The number of hydrogen-bond donors (Lipinski definition) is 1. The average Bonchev–Trinajstić information content (AvgIpc) is 2.34. The molecule has 0 radical (unpaired) electrons. The number of aromatic nitrogens is 1. The lowest BCUT2D eigenvalue weighted by molar-refractivity contribution is 0.126. The maximum Gasteiger partial charge on any atom is 0.0417 e. The number of piperidine rings is 1. The van der Waals surface area contributed by atoms with Crippen LogP contribution in [0.5, 0.6) is 0 Å². The fourth-order valence-electron chi connectivity index (χ4n) is 2.60. The summed E-state index contributed by atoms with van der Waals surface area (Å²) in [6, 6.07) is 4.20. The number of nitrogens with two attached hydrogens (primary N) is 1. The summed E-state index contributed by atoms with van der Waals surface area (Å²) >= 11 is 0. The highest BCUT2D eigenvalue weighted by molar-refractivity contribution is 5.18. The maximum atomic E-state index is 5.84. The molecular formula is C14H23N3. The zero-order valence-electron chi connectivity index (χ0n) is 10.9. The number of nitrogens with zero attached hydrogens (tertiary/aromatic N) is 2. The molecule has 1 aromatic heterocycles. The van der Waals surface area contributed by atoms with Gasteiger partial charge in [-0.25, -0.2) is 0 Å². The van der Waals surface area contributed by atoms with Crippen molar-refractivity contribution < 1.29 is 0 Å². The molecule has 1 fully saturated rings. The van der Waals surface area contributed by atoms with Crippen LogP contribution in [-0.4, -0.2) is 29.5 Å². The normalized spacial score (nSPS) is 26.1. The molecule has 0 amide bonds. The monoisotopic (exact) mass is 233 g/mol. The SMILES string of the molecule is Cc1ncccc1CN1CCC(C)C(CN)C1. The largest absolute Gasteiger partial charge is 0.330 e. The van der Waals surface area contributed by atoms with Gasteiger partial charge in [0.1, 0.15) is 0 Å². The fraction of sp³-hybridized carbons (Fsp3) is 0.643. The summed E-state index contributed by atoms with van der Waals surface area (Å²) in [6.07, 6.45) is 3.13. The van der Waals surface area contributed by atoms with Gasteiger partial charge < -0.3 is 5.73 Å². The van der Waals surface area contributed by atoms with Crippen LogP contribution in [-0.2, 0) is 6.54 Å². The lowest BCUT2D eigenvalue weighted by Gasteiger charge is -2.36. The van der Waals surface area contributed by atoms with Gasteiger partial charge in [-0.3, -0.25) is 9.88 Å². The highest BCUT2D eigenvalue weighted by Crippen LogP contribution is 2.23. The minimum absolute atomic E-state index is 0.653. The highest BCUT2D eigenvalue weighted by atomic mass is 15.1. The molecule has 0 bridgehead atoms. The van der Waals surface area contributed by atoms with Crippen molar-refractivity contribution in [1.82, 2.24) is 9.88 Å². The maximum absolute atomic E-state index is 5.84. The lowest BCUT2D eigenvalue weighted by atomic mass is 9.87. The van der Waals surface area contributed by atoms with E-state index in [-0.39, 0.29) is 0 Å². The molecule has 1 aliphatic heterocycles. The van der Waals surface area contributed by atoms with E-state index in [9.17, 15) is 0 Å². The van der Waals surface area contributed by atoms with Gasteiger partial charge in [0.2, 0.25) is 0 Å². The summed E-state index contributed by atoms with van der Waals surface area (Å²) in [7, 11) is 0. The third-order valence-electron chi connectivity index (χ3n) is 4.01. The van der Waals surface area contributed by atoms with Gasteiger partial charge in [0.15, 0.2) is 0 Å². The van der Waals surface area contributed by atoms with Crippen LogP contribution in [0.2, 0.25) is 0 Å². The summed E-state index contributed by atoms with van der Waals surface area (Å²) in [5.74, 6) is 1.42. The summed E-state index contributed by atoms with van der Waals surface area (Å²) in [4.78, 5) is 6.86. The summed E-state index contributed by atoms with van der Waals surface area (Å²) < 4.78 is 0. The molecule has 1 aliphatic rings. The number of pyridine rings is 1. The molecule has 2 unspecified atom stereocenters. The molecule has 2 N–H and O–H groups in total. The molecule has 2 heterocycles. The first-order chi connectivity index (χ1) is 8.20. The van der Waals surface area contributed by atoms with Crippen molar-refractivity contribution in [3.63, 3.8) is 0 Å². The second-order valence-electron chi connectivity index (χ2n) is 5.24. The van der Waals surface area contributed by atoms with Crippen LogP contribution in [0.15, 0.2) is 18.3 Å². The third kappa shape index (κ3) is 3.05. The third-order valence-corrected chi connectivity index (χ3v) is 4.01. The van der Waals surface area contributed by atoms with Crippen molar-refractivity contribution in [2.24, 2.45) is 17.6 Å². The van der Waals surface area contributed by atoms with Gasteiger partial charge in [0.05, 0.1) is 0 Å². The van der Waals surface area contributed by atoms with Crippen molar-refractivity contribution in [3.8, 4) is 0 Å². The Labute approximate surface area is 104 Å². The summed E-state index contributed by atoms with van der Waals surface area (Å²) in [6.45, 7) is 8.55. The van der Waals surface area contributed by atoms with E-state index in [1.807, 2.05) is 12.3 Å². The Morgan fingerprint density at radius 3 is 3.06 bits per heavy atom. The van der Waals surface area contributed by atoms with Crippen molar-refractivity contribution in [1.29, 1.82) is 0 Å². The Kier molecular flexibility index (Phi) is 4.13. The molecule has 0 saturated carbocycles. The second kappa shape index (κ2) is 5.61. The van der Waals surface area contributed by atoms with Crippen molar-refractivity contribution in [3.05, 3.63) is 29.6 Å². The molecule has 1 aromatic rings. The van der Waals surface area contributed by atoms with Gasteiger partial charge >= 0.3 is 0 Å². The Morgan fingerprint density at radius 1 is 1.53 bits per heavy atom. The summed E-state index contributed by atoms with van der Waals surface area (Å²) in [5.41, 5.74) is 8.33. The van der Waals surface area contributed by atoms with E-state index in [1.165, 1.54) is 18.5 Å². The van der Waals surface area contributed by atoms with Crippen LogP contribution in [0, 0.1) is 18.8 Å². The average molecular weight is 233 g/mol. The van der Waals surface area contributed by atoms with Crippen LogP contribution >= 0.6 is 0 Å². The standard InChI is InChI=1S/C14H23N3/c1-11-5-7-17(10-14(11)8-15)9-13-4-3-6-16-12(13)2/h3-4,6,11,14H,5,7-10,15H2,1-2H3. The van der Waals surface area contributed by atoms with E-state index in [0.717, 1.165) is 31.2 Å². The first-order valence-corrected chi connectivity index (χ1v) is 6.53. The van der Waals surface area contributed by atoms with Crippen LogP contribution in [0.25, 0.3) is 0 Å². The Balaban J connectivity index is 1.98. The van der Waals surface area contributed by atoms with Crippen molar-refractivity contribution >= 4 is 0 Å². The molecule has 17 heavy (non-hydrogen) atoms. The van der Waals surface area contributed by atoms with E-state index in [1.54, 1.807) is 0 Å². The first-order valence-electron chi connectivity index (χ1n) is 6.53. The topological polar surface area (TPSA) is 42.2 Å². The van der Waals surface area contributed by atoms with Crippen LogP contribution in [0.4, 0.5) is 0 Å². The molecule has 94 valence electrons. The molecule has 1 saturated heterocycles. The van der Waals surface area contributed by atoms with E-state index < -0.39 is 0 Å². The predicted molar refractivity (Wildman–Crippen MR) is 70.6 cm³/mol. The first kappa shape index (κ1) is 12.5. The van der Waals surface area contributed by atoms with Crippen LogP contribution in [0.3, 0.4) is 0 Å². The van der Waals surface area contributed by atoms with Gasteiger partial charge in [-0.15, -0.1) is 0 Å². The van der Waals surface area contributed by atoms with Crippen molar-refractivity contribution in [2.75, 3.05) is 19.6 Å². The van der Waals surface area contributed by atoms with Gasteiger partial charge in [0.25, 0.3) is 0 Å². The van der Waals surface area contributed by atoms with Crippen LogP contribution in [0.1, 0.15) is 24.6 Å². The molecular weight excluding hydrogens is 210 g/mol. The van der Waals surface area contributed by atoms with Gasteiger partial charge in [0, 0.05) is 25.0 Å². The van der Waals surface area contributed by atoms with Gasteiger partial charge in [-0.2, -0.15) is 0 Å². The molecule has 3 nitrogen and oxygen atoms in total. The molecule has 2 rings (SSSR count). The lowest BCUT2D eigenvalue weighted by Crippen LogP contribution is -2.42. The second-order valence-corrected chi connectivity index (χ2v) is 5.24. The molecule has 2 atom stereocenters. The number of aryl methyl sites for hydroxylation is 1. The fourth-order valence-corrected chi connectivity index (χ4v) is 2.60. The minimum Gasteiger partial charge on any atom is -0.330 e. The number of rotatable bonds is 3. The zero-order valence-corrected chi connectivity index (χ0v) is 10.9. The van der Waals surface area contributed by atoms with Gasteiger partial charge in [-0.1, -0.05) is 13.0 Å². The predicted octanol–water partition coefficient (Wildman–Crippen LogP) is 1.81.